The molecule has 0 aromatic heterocycles. The van der Waals surface area contributed by atoms with Gasteiger partial charge in [0.1, 0.15) is 0 Å². The van der Waals surface area contributed by atoms with E-state index in [-0.39, 0.29) is 0 Å². The van der Waals surface area contributed by atoms with Crippen molar-refractivity contribution in [3.63, 3.8) is 0 Å². The molecule has 76 valence electrons. The molecule has 0 unspecified atom stereocenters. The molecular weight excluding hydrogens is 240 g/mol. The Labute approximate surface area is 92.4 Å². The van der Waals surface area contributed by atoms with Gasteiger partial charge in [-0.15, -0.1) is 11.8 Å². The number of rotatable bonds is 3. The number of hydrogen-bond donors (Lipinski definition) is 0. The predicted octanol–water partition coefficient (Wildman–Crippen LogP) is 2.95. The Bertz CT molecular complexity index is 421. The molecule has 1 aromatic carbocycles. The van der Waals surface area contributed by atoms with Gasteiger partial charge in [-0.2, -0.15) is 0 Å². The Balaban J connectivity index is 2.84. The Morgan fingerprint density at radius 2 is 1.86 bits per heavy atom. The summed E-state index contributed by atoms with van der Waals surface area (Å²) in [6, 6.07) is 7.52. The first kappa shape index (κ1) is 11.6. The molecule has 0 bridgehead atoms. The third-order valence-corrected chi connectivity index (χ3v) is 3.05. The van der Waals surface area contributed by atoms with Crippen LogP contribution >= 0.6 is 22.4 Å². The van der Waals surface area contributed by atoms with Gasteiger partial charge >= 0.3 is 0 Å². The van der Waals surface area contributed by atoms with Crippen LogP contribution in [0.4, 0.5) is 0 Å². The van der Waals surface area contributed by atoms with Crippen molar-refractivity contribution in [2.45, 2.75) is 4.90 Å². The van der Waals surface area contributed by atoms with E-state index in [2.05, 4.69) is 0 Å². The van der Waals surface area contributed by atoms with Crippen LogP contribution in [0, 0.1) is 0 Å². The molecule has 0 aliphatic heterocycles. The van der Waals surface area contributed by atoms with Gasteiger partial charge in [-0.05, 0) is 30.0 Å². The average Bonchev–Trinajstić information content (AvgIpc) is 2.14. The van der Waals surface area contributed by atoms with E-state index in [1.165, 1.54) is 6.08 Å². The van der Waals surface area contributed by atoms with E-state index in [4.69, 9.17) is 10.7 Å². The second kappa shape index (κ2) is 4.87. The van der Waals surface area contributed by atoms with Gasteiger partial charge in [0.25, 0.3) is 9.05 Å². The fraction of sp³-hybridized carbons (Fsp3) is 0.111. The zero-order valence-corrected chi connectivity index (χ0v) is 9.86. The van der Waals surface area contributed by atoms with Gasteiger partial charge in [0.15, 0.2) is 0 Å². The van der Waals surface area contributed by atoms with Crippen molar-refractivity contribution in [3.05, 3.63) is 35.2 Å². The van der Waals surface area contributed by atoms with Crippen LogP contribution < -0.4 is 0 Å². The minimum atomic E-state index is -3.55. The maximum Gasteiger partial charge on any atom is 0.254 e. The molecule has 0 aliphatic carbocycles. The van der Waals surface area contributed by atoms with Gasteiger partial charge in [-0.1, -0.05) is 12.1 Å². The summed E-state index contributed by atoms with van der Waals surface area (Å²) in [6.45, 7) is 0. The van der Waals surface area contributed by atoms with Gasteiger partial charge < -0.3 is 0 Å². The lowest BCUT2D eigenvalue weighted by atomic mass is 10.2. The second-order valence-electron chi connectivity index (χ2n) is 2.55. The number of halogens is 1. The molecule has 0 amide bonds. The van der Waals surface area contributed by atoms with Crippen LogP contribution in [0.25, 0.3) is 6.08 Å². The summed E-state index contributed by atoms with van der Waals surface area (Å²) in [5, 5.41) is 0.975. The molecule has 5 heteroatoms. The Hall–Kier alpha value is -0.450. The van der Waals surface area contributed by atoms with E-state index in [1.807, 2.05) is 30.5 Å². The van der Waals surface area contributed by atoms with E-state index < -0.39 is 9.05 Å². The van der Waals surface area contributed by atoms with E-state index in [9.17, 15) is 8.42 Å². The quantitative estimate of drug-likeness (QED) is 0.609. The highest BCUT2D eigenvalue weighted by Crippen LogP contribution is 2.16. The first-order valence-electron chi connectivity index (χ1n) is 3.78. The van der Waals surface area contributed by atoms with Crippen LogP contribution in [0.3, 0.4) is 0 Å². The van der Waals surface area contributed by atoms with Crippen molar-refractivity contribution in [3.8, 4) is 0 Å². The van der Waals surface area contributed by atoms with Gasteiger partial charge in [-0.3, -0.25) is 0 Å². The minimum absolute atomic E-state index is 0.812. The van der Waals surface area contributed by atoms with Crippen molar-refractivity contribution in [1.82, 2.24) is 0 Å². The molecule has 0 radical (unpaired) electrons. The number of thioether (sulfide) groups is 1. The van der Waals surface area contributed by atoms with Crippen LogP contribution in [0.15, 0.2) is 34.6 Å². The van der Waals surface area contributed by atoms with Gasteiger partial charge in [0.05, 0.1) is 0 Å². The molecule has 0 N–H and O–H groups in total. The van der Waals surface area contributed by atoms with Gasteiger partial charge in [0.2, 0.25) is 0 Å². The van der Waals surface area contributed by atoms with Crippen LogP contribution in [-0.2, 0) is 9.05 Å². The standard InChI is InChI=1S/C9H9ClO2S2/c1-13-9-4-2-8(3-5-9)6-7-14(10,11)12/h2-7H,1H3/b7-6+. The molecule has 0 fully saturated rings. The summed E-state index contributed by atoms with van der Waals surface area (Å²) in [5.41, 5.74) is 0.812. The lowest BCUT2D eigenvalue weighted by Crippen LogP contribution is -1.79. The SMILES string of the molecule is CSc1ccc(/C=C/S(=O)(=O)Cl)cc1. The Morgan fingerprint density at radius 3 is 2.29 bits per heavy atom. The monoisotopic (exact) mass is 248 g/mol. The first-order valence-corrected chi connectivity index (χ1v) is 7.38. The molecule has 0 saturated carbocycles. The molecule has 1 aromatic rings. The lowest BCUT2D eigenvalue weighted by molar-refractivity contribution is 0.617. The van der Waals surface area contributed by atoms with E-state index in [0.29, 0.717) is 0 Å². The van der Waals surface area contributed by atoms with Crippen molar-refractivity contribution in [2.75, 3.05) is 6.26 Å². The van der Waals surface area contributed by atoms with Crippen LogP contribution in [0.1, 0.15) is 5.56 Å². The van der Waals surface area contributed by atoms with E-state index in [1.54, 1.807) is 11.8 Å². The molecule has 0 spiro atoms. The molecule has 0 atom stereocenters. The summed E-state index contributed by atoms with van der Waals surface area (Å²) in [6.07, 6.45) is 3.44. The van der Waals surface area contributed by atoms with Crippen LogP contribution in [0.5, 0.6) is 0 Å². The molecule has 1 rings (SSSR count). The normalized spacial score (nSPS) is 12.1. The second-order valence-corrected chi connectivity index (χ2v) is 5.94. The molecular formula is C9H9ClO2S2. The lowest BCUT2D eigenvalue weighted by Gasteiger charge is -1.95. The fourth-order valence-corrected chi connectivity index (χ4v) is 1.76. The van der Waals surface area contributed by atoms with Crippen molar-refractivity contribution < 1.29 is 8.42 Å². The molecule has 0 saturated heterocycles. The highest BCUT2D eigenvalue weighted by molar-refractivity contribution is 8.16. The van der Waals surface area contributed by atoms with Crippen molar-refractivity contribution in [1.29, 1.82) is 0 Å². The number of benzene rings is 1. The zero-order chi connectivity index (χ0) is 10.6. The third kappa shape index (κ3) is 4.17. The Morgan fingerprint density at radius 1 is 1.29 bits per heavy atom. The highest BCUT2D eigenvalue weighted by Gasteiger charge is 1.96. The maximum atomic E-state index is 10.6. The van der Waals surface area contributed by atoms with Gasteiger partial charge in [0, 0.05) is 21.0 Å². The predicted molar refractivity (Wildman–Crippen MR) is 62.0 cm³/mol. The van der Waals surface area contributed by atoms with E-state index in [0.717, 1.165) is 15.9 Å². The van der Waals surface area contributed by atoms with Gasteiger partial charge in [-0.25, -0.2) is 8.42 Å². The topological polar surface area (TPSA) is 34.1 Å². The summed E-state index contributed by atoms with van der Waals surface area (Å²) in [5.74, 6) is 0. The number of hydrogen-bond acceptors (Lipinski definition) is 3. The van der Waals surface area contributed by atoms with Crippen LogP contribution in [0.2, 0.25) is 0 Å². The summed E-state index contributed by atoms with van der Waals surface area (Å²) >= 11 is 1.63. The van der Waals surface area contributed by atoms with E-state index >= 15 is 0 Å². The first-order chi connectivity index (χ1) is 6.51. The smallest absolute Gasteiger partial charge is 0.208 e. The van der Waals surface area contributed by atoms with Crippen molar-refractivity contribution >= 4 is 37.6 Å². The minimum Gasteiger partial charge on any atom is -0.208 e. The largest absolute Gasteiger partial charge is 0.254 e. The summed E-state index contributed by atoms with van der Waals surface area (Å²) in [7, 11) is 1.47. The Kier molecular flexibility index (Phi) is 4.04. The maximum absolute atomic E-state index is 10.6. The summed E-state index contributed by atoms with van der Waals surface area (Å²) < 4.78 is 21.2. The molecule has 14 heavy (non-hydrogen) atoms. The van der Waals surface area contributed by atoms with Crippen molar-refractivity contribution in [2.24, 2.45) is 0 Å². The average molecular weight is 249 g/mol. The molecule has 0 aliphatic rings. The fourth-order valence-electron chi connectivity index (χ4n) is 0.875. The summed E-state index contributed by atoms with van der Waals surface area (Å²) in [4.78, 5) is 1.14. The van der Waals surface area contributed by atoms with Crippen LogP contribution in [-0.4, -0.2) is 14.7 Å². The molecule has 0 heterocycles. The zero-order valence-electron chi connectivity index (χ0n) is 7.48. The highest BCUT2D eigenvalue weighted by atomic mass is 35.7. The molecule has 2 nitrogen and oxygen atoms in total. The third-order valence-electron chi connectivity index (χ3n) is 1.54.